The number of methoxy groups -OCH3 is 2. The summed E-state index contributed by atoms with van der Waals surface area (Å²) in [5, 5.41) is 3.11. The fourth-order valence-corrected chi connectivity index (χ4v) is 1.78. The molecule has 1 amide bonds. The highest BCUT2D eigenvalue weighted by molar-refractivity contribution is 6.32. The van der Waals surface area contributed by atoms with Gasteiger partial charge >= 0.3 is 0 Å². The second-order valence-electron chi connectivity index (χ2n) is 3.65. The highest BCUT2D eigenvalue weighted by Crippen LogP contribution is 2.36. The molecule has 19 heavy (non-hydrogen) atoms. The lowest BCUT2D eigenvalue weighted by atomic mass is 10.2. The Morgan fingerprint density at radius 3 is 2.58 bits per heavy atom. The van der Waals surface area contributed by atoms with Crippen molar-refractivity contribution in [1.82, 2.24) is 0 Å². The molecular weight excluding hydrogens is 270 g/mol. The Morgan fingerprint density at radius 1 is 1.26 bits per heavy atom. The number of amides is 1. The van der Waals surface area contributed by atoms with Gasteiger partial charge in [0.25, 0.3) is 5.91 Å². The number of rotatable bonds is 4. The lowest BCUT2D eigenvalue weighted by molar-refractivity contribution is 0.102. The van der Waals surface area contributed by atoms with E-state index in [9.17, 15) is 4.79 Å². The van der Waals surface area contributed by atoms with Gasteiger partial charge < -0.3 is 19.2 Å². The summed E-state index contributed by atoms with van der Waals surface area (Å²) in [6.07, 6.45) is 2.78. The van der Waals surface area contributed by atoms with Crippen LogP contribution in [0.1, 0.15) is 10.4 Å². The maximum atomic E-state index is 11.9. The number of furan rings is 1. The van der Waals surface area contributed by atoms with Crippen LogP contribution in [0.4, 0.5) is 5.69 Å². The van der Waals surface area contributed by atoms with E-state index in [1.54, 1.807) is 18.2 Å². The maximum Gasteiger partial charge on any atom is 0.259 e. The van der Waals surface area contributed by atoms with E-state index in [0.29, 0.717) is 27.8 Å². The highest BCUT2D eigenvalue weighted by atomic mass is 35.5. The number of carbonyl (C=O) groups is 1. The molecule has 6 heteroatoms. The van der Waals surface area contributed by atoms with Crippen molar-refractivity contribution in [2.24, 2.45) is 0 Å². The van der Waals surface area contributed by atoms with E-state index >= 15 is 0 Å². The third-order valence-electron chi connectivity index (χ3n) is 2.51. The van der Waals surface area contributed by atoms with Gasteiger partial charge in [-0.05, 0) is 6.07 Å². The first-order valence-electron chi connectivity index (χ1n) is 5.40. The van der Waals surface area contributed by atoms with Crippen LogP contribution in [-0.4, -0.2) is 20.1 Å². The Morgan fingerprint density at radius 2 is 2.00 bits per heavy atom. The van der Waals surface area contributed by atoms with Crippen LogP contribution in [0.5, 0.6) is 11.5 Å². The van der Waals surface area contributed by atoms with Crippen LogP contribution >= 0.6 is 11.6 Å². The van der Waals surface area contributed by atoms with Crippen molar-refractivity contribution in [2.75, 3.05) is 19.5 Å². The molecule has 0 radical (unpaired) electrons. The lowest BCUT2D eigenvalue weighted by Gasteiger charge is -2.12. The van der Waals surface area contributed by atoms with E-state index in [-0.39, 0.29) is 5.91 Å². The Labute approximate surface area is 115 Å². The first-order valence-corrected chi connectivity index (χ1v) is 5.78. The molecular formula is C13H12ClNO4. The molecule has 1 N–H and O–H groups in total. The van der Waals surface area contributed by atoms with Gasteiger partial charge in [0.15, 0.2) is 0 Å². The van der Waals surface area contributed by atoms with Gasteiger partial charge in [-0.2, -0.15) is 0 Å². The molecule has 1 heterocycles. The van der Waals surface area contributed by atoms with Gasteiger partial charge in [0.2, 0.25) is 0 Å². The molecule has 100 valence electrons. The van der Waals surface area contributed by atoms with Gasteiger partial charge in [-0.3, -0.25) is 4.79 Å². The molecule has 0 aliphatic heterocycles. The third-order valence-corrected chi connectivity index (χ3v) is 2.80. The first kappa shape index (κ1) is 13.3. The van der Waals surface area contributed by atoms with Crippen LogP contribution in [-0.2, 0) is 0 Å². The minimum Gasteiger partial charge on any atom is -0.495 e. The fourth-order valence-electron chi connectivity index (χ4n) is 1.55. The molecule has 0 fully saturated rings. The van der Waals surface area contributed by atoms with E-state index in [1.165, 1.54) is 26.7 Å². The zero-order valence-electron chi connectivity index (χ0n) is 10.4. The fraction of sp³-hybridized carbons (Fsp3) is 0.154. The molecule has 0 atom stereocenters. The average Bonchev–Trinajstić information content (AvgIpc) is 2.94. The summed E-state index contributed by atoms with van der Waals surface area (Å²) in [6, 6.07) is 4.74. The molecule has 5 nitrogen and oxygen atoms in total. The van der Waals surface area contributed by atoms with Crippen LogP contribution in [0.2, 0.25) is 5.02 Å². The Balaban J connectivity index is 2.31. The number of anilines is 1. The summed E-state index contributed by atoms with van der Waals surface area (Å²) in [5.41, 5.74) is 0.880. The third kappa shape index (κ3) is 2.82. The molecule has 0 spiro atoms. The molecule has 0 unspecified atom stereocenters. The van der Waals surface area contributed by atoms with Crippen molar-refractivity contribution in [3.8, 4) is 11.5 Å². The van der Waals surface area contributed by atoms with Gasteiger partial charge in [-0.1, -0.05) is 11.6 Å². The minimum atomic E-state index is -0.309. The molecule has 0 saturated carbocycles. The van der Waals surface area contributed by atoms with Gasteiger partial charge in [0, 0.05) is 12.1 Å². The van der Waals surface area contributed by atoms with Crippen molar-refractivity contribution in [2.45, 2.75) is 0 Å². The predicted molar refractivity (Wildman–Crippen MR) is 71.2 cm³/mol. The number of benzene rings is 1. The van der Waals surface area contributed by atoms with E-state index in [1.807, 2.05) is 0 Å². The Kier molecular flexibility index (Phi) is 3.97. The van der Waals surface area contributed by atoms with Gasteiger partial charge in [0.05, 0.1) is 36.8 Å². The minimum absolute atomic E-state index is 0.309. The molecule has 0 aliphatic rings. The molecule has 0 aliphatic carbocycles. The second kappa shape index (κ2) is 5.67. The maximum absolute atomic E-state index is 11.9. The SMILES string of the molecule is COc1cc(NC(=O)c2ccoc2)c(OC)cc1Cl. The highest BCUT2D eigenvalue weighted by Gasteiger charge is 2.14. The normalized spacial score (nSPS) is 10.1. The van der Waals surface area contributed by atoms with Crippen LogP contribution < -0.4 is 14.8 Å². The molecule has 2 aromatic rings. The van der Waals surface area contributed by atoms with E-state index in [0.717, 1.165) is 0 Å². The molecule has 1 aromatic carbocycles. The number of nitrogens with one attached hydrogen (secondary N) is 1. The summed E-state index contributed by atoms with van der Waals surface area (Å²) in [6.45, 7) is 0. The zero-order chi connectivity index (χ0) is 13.8. The smallest absolute Gasteiger partial charge is 0.259 e. The Hall–Kier alpha value is -2.14. The number of hydrogen-bond donors (Lipinski definition) is 1. The van der Waals surface area contributed by atoms with Crippen molar-refractivity contribution >= 4 is 23.2 Å². The number of carbonyl (C=O) groups excluding carboxylic acids is 1. The lowest BCUT2D eigenvalue weighted by Crippen LogP contribution is -2.11. The predicted octanol–water partition coefficient (Wildman–Crippen LogP) is 3.20. The topological polar surface area (TPSA) is 60.7 Å². The van der Waals surface area contributed by atoms with Crippen LogP contribution in [0, 0.1) is 0 Å². The molecule has 2 rings (SSSR count). The number of halogens is 1. The Bertz CT molecular complexity index is 581. The summed E-state index contributed by atoms with van der Waals surface area (Å²) in [4.78, 5) is 11.9. The van der Waals surface area contributed by atoms with E-state index in [4.69, 9.17) is 25.5 Å². The number of hydrogen-bond acceptors (Lipinski definition) is 4. The van der Waals surface area contributed by atoms with Gasteiger partial charge in [-0.15, -0.1) is 0 Å². The van der Waals surface area contributed by atoms with E-state index in [2.05, 4.69) is 5.32 Å². The first-order chi connectivity index (χ1) is 9.15. The largest absolute Gasteiger partial charge is 0.495 e. The summed E-state index contributed by atoms with van der Waals surface area (Å²) in [7, 11) is 2.99. The quantitative estimate of drug-likeness (QED) is 0.935. The monoisotopic (exact) mass is 281 g/mol. The average molecular weight is 282 g/mol. The summed E-state index contributed by atoms with van der Waals surface area (Å²) < 4.78 is 15.1. The van der Waals surface area contributed by atoms with Gasteiger partial charge in [0.1, 0.15) is 17.8 Å². The van der Waals surface area contributed by atoms with Crippen molar-refractivity contribution in [3.63, 3.8) is 0 Å². The van der Waals surface area contributed by atoms with Crippen molar-refractivity contribution in [1.29, 1.82) is 0 Å². The summed E-state index contributed by atoms with van der Waals surface area (Å²) in [5.74, 6) is 0.587. The van der Waals surface area contributed by atoms with Crippen molar-refractivity contribution in [3.05, 3.63) is 41.3 Å². The molecule has 1 aromatic heterocycles. The molecule has 0 saturated heterocycles. The van der Waals surface area contributed by atoms with Crippen molar-refractivity contribution < 1.29 is 18.7 Å². The van der Waals surface area contributed by atoms with Crippen LogP contribution in [0.25, 0.3) is 0 Å². The zero-order valence-corrected chi connectivity index (χ0v) is 11.2. The second-order valence-corrected chi connectivity index (χ2v) is 4.06. The standard InChI is InChI=1S/C13H12ClNO4/c1-17-11-6-10(12(18-2)5-9(11)14)15-13(16)8-3-4-19-7-8/h3-7H,1-2H3,(H,15,16). The van der Waals surface area contributed by atoms with Gasteiger partial charge in [-0.25, -0.2) is 0 Å². The van der Waals surface area contributed by atoms with Crippen LogP contribution in [0.15, 0.2) is 35.1 Å². The summed E-state index contributed by atoms with van der Waals surface area (Å²) >= 11 is 5.98. The van der Waals surface area contributed by atoms with E-state index < -0.39 is 0 Å². The number of ether oxygens (including phenoxy) is 2. The molecule has 0 bridgehead atoms. The van der Waals surface area contributed by atoms with Crippen LogP contribution in [0.3, 0.4) is 0 Å².